The number of thiophene rings is 1. The number of hydrogen-bond donors (Lipinski definition) is 1. The van der Waals surface area contributed by atoms with Crippen molar-refractivity contribution in [3.05, 3.63) is 76.2 Å². The fraction of sp³-hybridized carbons (Fsp3) is 0.360. The van der Waals surface area contributed by atoms with E-state index < -0.39 is 0 Å². The van der Waals surface area contributed by atoms with E-state index in [2.05, 4.69) is 26.3 Å². The average Bonchev–Trinajstić information content (AvgIpc) is 3.23. The molecule has 1 aliphatic heterocycles. The Balaban J connectivity index is 1.32. The van der Waals surface area contributed by atoms with Gasteiger partial charge in [-0.1, -0.05) is 6.07 Å². The van der Waals surface area contributed by atoms with Gasteiger partial charge in [-0.2, -0.15) is 0 Å². The third kappa shape index (κ3) is 4.82. The first-order chi connectivity index (χ1) is 16.2. The van der Waals surface area contributed by atoms with Gasteiger partial charge < -0.3 is 10.2 Å². The highest BCUT2D eigenvalue weighted by Gasteiger charge is 2.31. The van der Waals surface area contributed by atoms with Gasteiger partial charge in [-0.05, 0) is 55.0 Å². The van der Waals surface area contributed by atoms with E-state index >= 15 is 0 Å². The van der Waals surface area contributed by atoms with Crippen molar-refractivity contribution in [2.45, 2.75) is 32.2 Å². The second-order valence-corrected chi connectivity index (χ2v) is 9.65. The normalized spacial score (nSPS) is 16.3. The molecule has 0 bridgehead atoms. The number of carbonyl (C=O) groups is 2. The zero-order chi connectivity index (χ0) is 22.6. The van der Waals surface area contributed by atoms with Crippen LogP contribution in [0, 0.1) is 0 Å². The lowest BCUT2D eigenvalue weighted by Gasteiger charge is -2.35. The third-order valence-electron chi connectivity index (χ3n) is 6.32. The summed E-state index contributed by atoms with van der Waals surface area (Å²) in [4.78, 5) is 40.3. The molecule has 8 heteroatoms. The molecule has 2 amide bonds. The zero-order valence-corrected chi connectivity index (χ0v) is 19.3. The summed E-state index contributed by atoms with van der Waals surface area (Å²) < 4.78 is 0. The lowest BCUT2D eigenvalue weighted by molar-refractivity contribution is 0.0628. The number of nitrogens with one attached hydrogen (secondary N) is 1. The lowest BCUT2D eigenvalue weighted by atomic mass is 9.95. The number of pyridine rings is 2. The quantitative estimate of drug-likeness (QED) is 0.628. The predicted molar refractivity (Wildman–Crippen MR) is 129 cm³/mol. The second-order valence-electron chi connectivity index (χ2n) is 8.54. The molecule has 1 N–H and O–H groups in total. The van der Waals surface area contributed by atoms with Crippen LogP contribution < -0.4 is 5.32 Å². The number of rotatable bonds is 5. The summed E-state index contributed by atoms with van der Waals surface area (Å²) in [6, 6.07) is 7.51. The first kappa shape index (κ1) is 21.7. The van der Waals surface area contributed by atoms with Crippen molar-refractivity contribution in [1.29, 1.82) is 0 Å². The van der Waals surface area contributed by atoms with Crippen LogP contribution in [0.3, 0.4) is 0 Å². The van der Waals surface area contributed by atoms with Crippen molar-refractivity contribution >= 4 is 28.2 Å². The van der Waals surface area contributed by atoms with Gasteiger partial charge >= 0.3 is 0 Å². The summed E-state index contributed by atoms with van der Waals surface area (Å²) in [5.74, 6) is -0.186. The van der Waals surface area contributed by atoms with Crippen LogP contribution >= 0.6 is 11.3 Å². The standard InChI is InChI=1S/C25H27N5O2S/c31-23(19-6-4-10-27-16-19)28-24-22(20-7-1-2-8-21(20)33-24)25(32)30-13-11-29(12-14-30)17-18-5-3-9-26-15-18/h3-6,9-10,15-16H,1-2,7-8,11-14,17H2,(H,28,31). The van der Waals surface area contributed by atoms with Gasteiger partial charge in [0, 0.05) is 62.4 Å². The molecule has 170 valence electrons. The van der Waals surface area contributed by atoms with Gasteiger partial charge in [-0.25, -0.2) is 0 Å². The molecule has 5 rings (SSSR count). The highest BCUT2D eigenvalue weighted by Crippen LogP contribution is 2.39. The minimum Gasteiger partial charge on any atom is -0.336 e. The van der Waals surface area contributed by atoms with Crippen LogP contribution in [-0.2, 0) is 19.4 Å². The van der Waals surface area contributed by atoms with Crippen LogP contribution in [0.1, 0.15) is 49.6 Å². The lowest BCUT2D eigenvalue weighted by Crippen LogP contribution is -2.48. The molecular weight excluding hydrogens is 434 g/mol. The molecule has 0 spiro atoms. The number of anilines is 1. The maximum absolute atomic E-state index is 13.7. The van der Waals surface area contributed by atoms with E-state index in [1.54, 1.807) is 42.1 Å². The Hall–Kier alpha value is -3.10. The van der Waals surface area contributed by atoms with Gasteiger partial charge in [-0.15, -0.1) is 11.3 Å². The van der Waals surface area contributed by atoms with Crippen LogP contribution in [0.25, 0.3) is 0 Å². The van der Waals surface area contributed by atoms with Crippen molar-refractivity contribution in [2.24, 2.45) is 0 Å². The number of fused-ring (bicyclic) bond motifs is 1. The fourth-order valence-electron chi connectivity index (χ4n) is 4.57. The number of piperazine rings is 1. The summed E-state index contributed by atoms with van der Waals surface area (Å²) in [6.45, 7) is 3.85. The summed E-state index contributed by atoms with van der Waals surface area (Å²) in [7, 11) is 0. The molecule has 0 atom stereocenters. The van der Waals surface area contributed by atoms with E-state index in [4.69, 9.17) is 0 Å². The van der Waals surface area contributed by atoms with Gasteiger partial charge in [0.1, 0.15) is 5.00 Å². The van der Waals surface area contributed by atoms with Crippen LogP contribution in [0.15, 0.2) is 49.1 Å². The number of aromatic nitrogens is 2. The van der Waals surface area contributed by atoms with Gasteiger partial charge in [0.25, 0.3) is 11.8 Å². The van der Waals surface area contributed by atoms with Gasteiger partial charge in [-0.3, -0.25) is 24.5 Å². The van der Waals surface area contributed by atoms with Crippen molar-refractivity contribution in [3.8, 4) is 0 Å². The maximum atomic E-state index is 13.7. The molecule has 1 aliphatic carbocycles. The number of hydrogen-bond acceptors (Lipinski definition) is 6. The highest BCUT2D eigenvalue weighted by molar-refractivity contribution is 7.17. The Morgan fingerprint density at radius 2 is 1.73 bits per heavy atom. The molecule has 3 aromatic rings. The number of nitrogens with zero attached hydrogens (tertiary/aromatic N) is 4. The molecule has 0 unspecified atom stereocenters. The van der Waals surface area contributed by atoms with Crippen molar-refractivity contribution in [3.63, 3.8) is 0 Å². The molecule has 1 saturated heterocycles. The molecule has 4 heterocycles. The van der Waals surface area contributed by atoms with Crippen molar-refractivity contribution in [1.82, 2.24) is 19.8 Å². The molecule has 0 aromatic carbocycles. The largest absolute Gasteiger partial charge is 0.336 e. The average molecular weight is 462 g/mol. The molecule has 2 aliphatic rings. The molecule has 0 saturated carbocycles. The SMILES string of the molecule is O=C(Nc1sc2c(c1C(=O)N1CCN(Cc3cccnc3)CC1)CCCC2)c1cccnc1. The summed E-state index contributed by atoms with van der Waals surface area (Å²) in [5, 5.41) is 3.70. The summed E-state index contributed by atoms with van der Waals surface area (Å²) in [6.07, 6.45) is 11.0. The van der Waals surface area contributed by atoms with E-state index in [0.717, 1.165) is 50.9 Å². The number of aryl methyl sites for hydroxylation is 1. The summed E-state index contributed by atoms with van der Waals surface area (Å²) >= 11 is 1.56. The zero-order valence-electron chi connectivity index (χ0n) is 18.5. The summed E-state index contributed by atoms with van der Waals surface area (Å²) in [5.41, 5.74) is 3.51. The van der Waals surface area contributed by atoms with E-state index in [0.29, 0.717) is 29.2 Å². The van der Waals surface area contributed by atoms with Crippen LogP contribution in [-0.4, -0.2) is 57.8 Å². The van der Waals surface area contributed by atoms with E-state index in [-0.39, 0.29) is 11.8 Å². The molecular formula is C25H27N5O2S. The van der Waals surface area contributed by atoms with E-state index in [1.165, 1.54) is 10.4 Å². The minimum absolute atomic E-state index is 0.0388. The minimum atomic E-state index is -0.225. The Morgan fingerprint density at radius 3 is 2.45 bits per heavy atom. The topological polar surface area (TPSA) is 78.4 Å². The smallest absolute Gasteiger partial charge is 0.257 e. The van der Waals surface area contributed by atoms with E-state index in [1.807, 2.05) is 17.2 Å². The van der Waals surface area contributed by atoms with Crippen LogP contribution in [0.4, 0.5) is 5.00 Å². The Kier molecular flexibility index (Phi) is 6.46. The molecule has 3 aromatic heterocycles. The molecule has 7 nitrogen and oxygen atoms in total. The number of amides is 2. The second kappa shape index (κ2) is 9.80. The first-order valence-electron chi connectivity index (χ1n) is 11.5. The van der Waals surface area contributed by atoms with Crippen molar-refractivity contribution < 1.29 is 9.59 Å². The monoisotopic (exact) mass is 461 g/mol. The Morgan fingerprint density at radius 1 is 0.970 bits per heavy atom. The third-order valence-corrected chi connectivity index (χ3v) is 7.53. The van der Waals surface area contributed by atoms with Crippen molar-refractivity contribution in [2.75, 3.05) is 31.5 Å². The number of carbonyl (C=O) groups excluding carboxylic acids is 2. The van der Waals surface area contributed by atoms with Crippen LogP contribution in [0.5, 0.6) is 0 Å². The molecule has 1 fully saturated rings. The van der Waals surface area contributed by atoms with Gasteiger partial charge in [0.05, 0.1) is 11.1 Å². The van der Waals surface area contributed by atoms with E-state index in [9.17, 15) is 9.59 Å². The highest BCUT2D eigenvalue weighted by atomic mass is 32.1. The maximum Gasteiger partial charge on any atom is 0.257 e. The Labute approximate surface area is 197 Å². The van der Waals surface area contributed by atoms with Gasteiger partial charge in [0.15, 0.2) is 0 Å². The van der Waals surface area contributed by atoms with Crippen LogP contribution in [0.2, 0.25) is 0 Å². The molecule has 33 heavy (non-hydrogen) atoms. The Bertz CT molecular complexity index is 1120. The predicted octanol–water partition coefficient (Wildman–Crippen LogP) is 3.63. The molecule has 0 radical (unpaired) electrons. The first-order valence-corrected chi connectivity index (χ1v) is 12.3. The fourth-order valence-corrected chi connectivity index (χ4v) is 5.85. The van der Waals surface area contributed by atoms with Gasteiger partial charge in [0.2, 0.25) is 0 Å².